The quantitative estimate of drug-likeness (QED) is 0.377. The van der Waals surface area contributed by atoms with Crippen molar-refractivity contribution in [2.75, 3.05) is 0 Å². The molecule has 152 valence electrons. The maximum absolute atomic E-state index is 6.73. The molecule has 25 heavy (non-hydrogen) atoms. The third kappa shape index (κ3) is 14.8. The van der Waals surface area contributed by atoms with Crippen LogP contribution in [0, 0.1) is 0 Å². The molecular weight excluding hydrogens is 413 g/mol. The van der Waals surface area contributed by atoms with Crippen molar-refractivity contribution in [3.05, 3.63) is 0 Å². The third-order valence-electron chi connectivity index (χ3n) is 3.28. The van der Waals surface area contributed by atoms with E-state index in [1.807, 2.05) is 0 Å². The SMILES string of the molecule is C[SiH](C)O[SiH](C)CCC[Si](C)(O[Si](C)(C)C)O[Si](C)(C)O[Si](C)(C)C. The summed E-state index contributed by atoms with van der Waals surface area (Å²) in [6, 6.07) is 2.28. The van der Waals surface area contributed by atoms with Gasteiger partial charge < -0.3 is 16.5 Å². The minimum absolute atomic E-state index is 0.898. The first-order valence-electron chi connectivity index (χ1n) is 9.69. The van der Waals surface area contributed by atoms with Crippen LogP contribution in [0.1, 0.15) is 6.42 Å². The zero-order valence-corrected chi connectivity index (χ0v) is 25.2. The van der Waals surface area contributed by atoms with Gasteiger partial charge in [0.25, 0.3) is 0 Å². The first-order valence-corrected chi connectivity index (χ1v) is 27.1. The maximum atomic E-state index is 6.73. The number of rotatable bonds is 12. The molecule has 0 saturated heterocycles. The summed E-state index contributed by atoms with van der Waals surface area (Å²) in [7, 11) is -9.58. The van der Waals surface area contributed by atoms with Crippen LogP contribution >= 0.6 is 0 Å². The monoisotopic (exact) mass is 456 g/mol. The molecule has 0 aliphatic heterocycles. The summed E-state index contributed by atoms with van der Waals surface area (Å²) in [5, 5.41) is 0. The van der Waals surface area contributed by atoms with Gasteiger partial charge in [-0.25, -0.2) is 0 Å². The van der Waals surface area contributed by atoms with Crippen LogP contribution < -0.4 is 0 Å². The standard InChI is InChI=1S/C15H44O4Si6/c1-20(2)16-21(3)14-13-15-25(12,18-23(7,8)9)19-24(10,11)17-22(4,5)6/h20-21H,13-15H2,1-12H3. The van der Waals surface area contributed by atoms with Gasteiger partial charge in [-0.2, -0.15) is 0 Å². The molecule has 0 rings (SSSR count). The van der Waals surface area contributed by atoms with E-state index in [1.165, 1.54) is 12.5 Å². The van der Waals surface area contributed by atoms with E-state index in [4.69, 9.17) is 16.5 Å². The molecule has 4 nitrogen and oxygen atoms in total. The molecule has 0 aliphatic carbocycles. The van der Waals surface area contributed by atoms with Gasteiger partial charge in [0.2, 0.25) is 0 Å². The highest BCUT2D eigenvalue weighted by Crippen LogP contribution is 2.28. The van der Waals surface area contributed by atoms with Crippen LogP contribution in [0.4, 0.5) is 0 Å². The maximum Gasteiger partial charge on any atom is 0.315 e. The third-order valence-corrected chi connectivity index (χ3v) is 22.1. The van der Waals surface area contributed by atoms with Crippen LogP contribution in [0.2, 0.25) is 90.7 Å². The van der Waals surface area contributed by atoms with E-state index in [9.17, 15) is 0 Å². The van der Waals surface area contributed by atoms with Gasteiger partial charge in [0.05, 0.1) is 0 Å². The molecule has 2 atom stereocenters. The minimum Gasteiger partial charge on any atom is -0.461 e. The van der Waals surface area contributed by atoms with E-state index < -0.39 is 51.8 Å². The van der Waals surface area contributed by atoms with Crippen LogP contribution in [0.25, 0.3) is 0 Å². The van der Waals surface area contributed by atoms with Crippen LogP contribution in [-0.2, 0) is 16.5 Å². The lowest BCUT2D eigenvalue weighted by Crippen LogP contribution is -2.56. The van der Waals surface area contributed by atoms with Gasteiger partial charge in [0.15, 0.2) is 34.7 Å². The Hall–Kier alpha value is 1.14. The minimum atomic E-state index is -2.23. The molecule has 2 unspecified atom stereocenters. The molecule has 0 fully saturated rings. The summed E-state index contributed by atoms with van der Waals surface area (Å²) >= 11 is 0. The Bertz CT molecular complexity index is 394. The second-order valence-corrected chi connectivity index (χ2v) is 31.8. The fraction of sp³-hybridized carbons (Fsp3) is 1.00. The Kier molecular flexibility index (Phi) is 10.5. The average Bonchev–Trinajstić information content (AvgIpc) is 2.18. The zero-order chi connectivity index (χ0) is 20.1. The van der Waals surface area contributed by atoms with Gasteiger partial charge in [-0.05, 0) is 90.7 Å². The topological polar surface area (TPSA) is 36.9 Å². The fourth-order valence-electron chi connectivity index (χ4n) is 3.29. The van der Waals surface area contributed by atoms with Crippen LogP contribution in [0.15, 0.2) is 0 Å². The van der Waals surface area contributed by atoms with E-state index in [2.05, 4.69) is 78.6 Å². The Morgan fingerprint density at radius 3 is 1.56 bits per heavy atom. The largest absolute Gasteiger partial charge is 0.461 e. The molecule has 10 heteroatoms. The molecule has 0 aliphatic rings. The molecule has 0 aromatic rings. The average molecular weight is 457 g/mol. The molecule has 0 aromatic carbocycles. The first-order chi connectivity index (χ1) is 10.9. The van der Waals surface area contributed by atoms with Crippen molar-refractivity contribution < 1.29 is 16.5 Å². The Balaban J connectivity index is 4.95. The zero-order valence-electron chi connectivity index (χ0n) is 18.9. The van der Waals surface area contributed by atoms with Crippen molar-refractivity contribution in [2.45, 2.75) is 97.1 Å². The van der Waals surface area contributed by atoms with Crippen molar-refractivity contribution in [2.24, 2.45) is 0 Å². The lowest BCUT2D eigenvalue weighted by atomic mass is 10.6. The van der Waals surface area contributed by atoms with E-state index >= 15 is 0 Å². The van der Waals surface area contributed by atoms with Gasteiger partial charge in [0.1, 0.15) is 0 Å². The van der Waals surface area contributed by atoms with Crippen molar-refractivity contribution >= 4 is 51.8 Å². The Labute approximate surface area is 165 Å². The first kappa shape index (κ1) is 26.1. The predicted octanol–water partition coefficient (Wildman–Crippen LogP) is 5.22. The predicted molar refractivity (Wildman–Crippen MR) is 126 cm³/mol. The van der Waals surface area contributed by atoms with Gasteiger partial charge in [-0.3, -0.25) is 0 Å². The van der Waals surface area contributed by atoms with E-state index in [1.54, 1.807) is 0 Å². The van der Waals surface area contributed by atoms with Crippen LogP contribution in [0.5, 0.6) is 0 Å². The summed E-state index contributed by atoms with van der Waals surface area (Å²) in [5.74, 6) is 0. The molecule has 0 amide bonds. The van der Waals surface area contributed by atoms with E-state index in [0.29, 0.717) is 0 Å². The second-order valence-electron chi connectivity index (χ2n) is 9.95. The van der Waals surface area contributed by atoms with Gasteiger partial charge >= 0.3 is 17.1 Å². The van der Waals surface area contributed by atoms with E-state index in [-0.39, 0.29) is 0 Å². The molecule has 0 N–H and O–H groups in total. The van der Waals surface area contributed by atoms with Crippen LogP contribution in [0.3, 0.4) is 0 Å². The summed E-state index contributed by atoms with van der Waals surface area (Å²) in [5.41, 5.74) is 0. The van der Waals surface area contributed by atoms with Crippen molar-refractivity contribution in [3.8, 4) is 0 Å². The highest BCUT2D eigenvalue weighted by atomic mass is 28.5. The lowest BCUT2D eigenvalue weighted by molar-refractivity contribution is 0.323. The normalized spacial score (nSPS) is 17.6. The summed E-state index contributed by atoms with van der Waals surface area (Å²) < 4.78 is 25.9. The smallest absolute Gasteiger partial charge is 0.315 e. The Morgan fingerprint density at radius 2 is 1.16 bits per heavy atom. The van der Waals surface area contributed by atoms with E-state index in [0.717, 1.165) is 6.04 Å². The summed E-state index contributed by atoms with van der Waals surface area (Å²) in [6.07, 6.45) is 1.17. The molecule has 0 radical (unpaired) electrons. The fourth-order valence-corrected chi connectivity index (χ4v) is 26.7. The Morgan fingerprint density at radius 1 is 0.680 bits per heavy atom. The van der Waals surface area contributed by atoms with Crippen LogP contribution in [-0.4, -0.2) is 51.8 Å². The second kappa shape index (κ2) is 10.1. The van der Waals surface area contributed by atoms with Gasteiger partial charge in [-0.1, -0.05) is 6.42 Å². The van der Waals surface area contributed by atoms with Crippen molar-refractivity contribution in [1.82, 2.24) is 0 Å². The number of hydrogen-bond acceptors (Lipinski definition) is 4. The summed E-state index contributed by atoms with van der Waals surface area (Å²) in [4.78, 5) is 0. The molecular formula is C15H44O4Si6. The molecule has 0 heterocycles. The van der Waals surface area contributed by atoms with Crippen molar-refractivity contribution in [3.63, 3.8) is 0 Å². The molecule has 0 saturated carbocycles. The molecule has 0 bridgehead atoms. The van der Waals surface area contributed by atoms with Crippen molar-refractivity contribution in [1.29, 1.82) is 0 Å². The molecule has 0 spiro atoms. The van der Waals surface area contributed by atoms with Gasteiger partial charge in [0, 0.05) is 0 Å². The highest BCUT2D eigenvalue weighted by molar-refractivity contribution is 6.89. The lowest BCUT2D eigenvalue weighted by Gasteiger charge is -2.41. The summed E-state index contributed by atoms with van der Waals surface area (Å²) in [6.45, 7) is 27.0. The number of hydrogen-bond donors (Lipinski definition) is 0. The molecule has 0 aromatic heterocycles. The van der Waals surface area contributed by atoms with Gasteiger partial charge in [-0.15, -0.1) is 0 Å². The highest BCUT2D eigenvalue weighted by Gasteiger charge is 2.44.